The van der Waals surface area contributed by atoms with Crippen molar-refractivity contribution in [3.63, 3.8) is 0 Å². The van der Waals surface area contributed by atoms with Crippen molar-refractivity contribution >= 4 is 28.2 Å². The molecule has 4 aromatic heterocycles. The molecule has 0 radical (unpaired) electrons. The molecule has 8 nitrogen and oxygen atoms in total. The summed E-state index contributed by atoms with van der Waals surface area (Å²) in [7, 11) is 1.62. The van der Waals surface area contributed by atoms with Crippen LogP contribution in [0.25, 0.3) is 27.9 Å². The van der Waals surface area contributed by atoms with Gasteiger partial charge in [-0.15, -0.1) is 0 Å². The van der Waals surface area contributed by atoms with Gasteiger partial charge in [0.05, 0.1) is 30.4 Å². The van der Waals surface area contributed by atoms with E-state index in [1.807, 2.05) is 66.4 Å². The van der Waals surface area contributed by atoms with E-state index < -0.39 is 0 Å². The number of anilines is 2. The van der Waals surface area contributed by atoms with Crippen LogP contribution >= 0.6 is 0 Å². The molecule has 5 rings (SSSR count). The Balaban J connectivity index is 1.56. The molecule has 2 N–H and O–H groups in total. The summed E-state index contributed by atoms with van der Waals surface area (Å²) in [4.78, 5) is 17.0. The number of nitrogens with one attached hydrogen (secondary N) is 2. The molecule has 0 fully saturated rings. The Morgan fingerprint density at radius 2 is 2.07 bits per heavy atom. The number of H-pyrrole nitrogens is 1. The number of fused-ring (bicyclic) bond motifs is 2. The first-order valence-electron chi connectivity index (χ1n) is 9.60. The van der Waals surface area contributed by atoms with Crippen molar-refractivity contribution in [1.29, 1.82) is 0 Å². The van der Waals surface area contributed by atoms with Gasteiger partial charge in [-0.25, -0.2) is 9.97 Å². The minimum absolute atomic E-state index is 0.570. The van der Waals surface area contributed by atoms with Crippen LogP contribution in [0.1, 0.15) is 6.92 Å². The van der Waals surface area contributed by atoms with E-state index in [9.17, 15) is 0 Å². The molecule has 0 saturated carbocycles. The van der Waals surface area contributed by atoms with Gasteiger partial charge in [0.1, 0.15) is 0 Å². The summed E-state index contributed by atoms with van der Waals surface area (Å²) in [5, 5.41) is 3.36. The number of benzene rings is 1. The highest BCUT2D eigenvalue weighted by atomic mass is 16.5. The molecule has 0 spiro atoms. The number of methoxy groups -OCH3 is 1. The Hall–Kier alpha value is -4.07. The van der Waals surface area contributed by atoms with Crippen molar-refractivity contribution in [2.45, 2.75) is 6.92 Å². The number of nitrogens with zero attached hydrogens (tertiary/aromatic N) is 4. The molecule has 0 aliphatic heterocycles. The first-order valence-corrected chi connectivity index (χ1v) is 9.60. The maximum absolute atomic E-state index is 5.60. The van der Waals surface area contributed by atoms with E-state index in [1.165, 1.54) is 0 Å². The monoisotopic (exact) mass is 400 g/mol. The fraction of sp³-hybridized carbons (Fsp3) is 0.136. The minimum atomic E-state index is 0.570. The van der Waals surface area contributed by atoms with Crippen molar-refractivity contribution in [1.82, 2.24) is 24.3 Å². The highest BCUT2D eigenvalue weighted by Gasteiger charge is 2.12. The average Bonchev–Trinajstić information content (AvgIpc) is 3.43. The quantitative estimate of drug-likeness (QED) is 0.438. The normalized spacial score (nSPS) is 11.1. The lowest BCUT2D eigenvalue weighted by atomic mass is 10.2. The smallest absolute Gasteiger partial charge is 0.180 e. The second-order valence-electron chi connectivity index (χ2n) is 6.69. The highest BCUT2D eigenvalue weighted by Crippen LogP contribution is 2.32. The van der Waals surface area contributed by atoms with Crippen LogP contribution in [-0.4, -0.2) is 38.1 Å². The number of aromatic nitrogens is 5. The molecule has 1 aromatic carbocycles. The summed E-state index contributed by atoms with van der Waals surface area (Å²) >= 11 is 0. The summed E-state index contributed by atoms with van der Waals surface area (Å²) in [6, 6.07) is 9.66. The standard InChI is InChI=1S/C22H20N6O2/c1-3-30-19-5-4-15(11-20(19)29-2)26-21-22-24-8-9-28(22)13-18(27-21)14-10-17-16(25-12-14)6-7-23-17/h4-13,23H,3H2,1-2H3,(H,26,27). The fourth-order valence-corrected chi connectivity index (χ4v) is 3.39. The molecule has 0 amide bonds. The number of ether oxygens (including phenoxy) is 2. The molecule has 30 heavy (non-hydrogen) atoms. The molecule has 0 atom stereocenters. The summed E-state index contributed by atoms with van der Waals surface area (Å²) in [5.74, 6) is 1.98. The summed E-state index contributed by atoms with van der Waals surface area (Å²) in [6.07, 6.45) is 9.28. The third-order valence-electron chi connectivity index (χ3n) is 4.79. The number of aromatic amines is 1. The summed E-state index contributed by atoms with van der Waals surface area (Å²) in [5.41, 5.74) is 5.12. The predicted octanol–water partition coefficient (Wildman–Crippen LogP) is 4.42. The van der Waals surface area contributed by atoms with Gasteiger partial charge < -0.3 is 24.2 Å². The zero-order chi connectivity index (χ0) is 20.5. The van der Waals surface area contributed by atoms with Gasteiger partial charge in [0.25, 0.3) is 0 Å². The van der Waals surface area contributed by atoms with Crippen molar-refractivity contribution in [3.05, 3.63) is 61.3 Å². The fourth-order valence-electron chi connectivity index (χ4n) is 3.39. The van der Waals surface area contributed by atoms with Crippen molar-refractivity contribution in [2.24, 2.45) is 0 Å². The predicted molar refractivity (Wildman–Crippen MR) is 116 cm³/mol. The summed E-state index contributed by atoms with van der Waals surface area (Å²) in [6.45, 7) is 2.51. The molecule has 4 heterocycles. The molecule has 0 saturated heterocycles. The first kappa shape index (κ1) is 18.0. The largest absolute Gasteiger partial charge is 0.493 e. The number of imidazole rings is 1. The van der Waals surface area contributed by atoms with E-state index in [-0.39, 0.29) is 0 Å². The molecule has 8 heteroatoms. The second kappa shape index (κ2) is 7.40. The van der Waals surface area contributed by atoms with Gasteiger partial charge in [-0.2, -0.15) is 0 Å². The Kier molecular flexibility index (Phi) is 4.44. The molecular weight excluding hydrogens is 380 g/mol. The zero-order valence-electron chi connectivity index (χ0n) is 16.6. The van der Waals surface area contributed by atoms with E-state index >= 15 is 0 Å². The van der Waals surface area contributed by atoms with Crippen LogP contribution in [0.2, 0.25) is 0 Å². The number of pyridine rings is 1. The maximum Gasteiger partial charge on any atom is 0.180 e. The van der Waals surface area contributed by atoms with Gasteiger partial charge in [0.2, 0.25) is 0 Å². The van der Waals surface area contributed by atoms with Crippen LogP contribution in [0.3, 0.4) is 0 Å². The summed E-state index contributed by atoms with van der Waals surface area (Å²) < 4.78 is 13.0. The average molecular weight is 400 g/mol. The van der Waals surface area contributed by atoms with Gasteiger partial charge >= 0.3 is 0 Å². The molecule has 5 aromatic rings. The van der Waals surface area contributed by atoms with E-state index in [0.29, 0.717) is 23.9 Å². The van der Waals surface area contributed by atoms with Crippen LogP contribution in [-0.2, 0) is 0 Å². The van der Waals surface area contributed by atoms with Crippen molar-refractivity contribution < 1.29 is 9.47 Å². The third kappa shape index (κ3) is 3.18. The van der Waals surface area contributed by atoms with Crippen LogP contribution in [0.4, 0.5) is 11.5 Å². The van der Waals surface area contributed by atoms with Crippen LogP contribution < -0.4 is 14.8 Å². The van der Waals surface area contributed by atoms with Crippen LogP contribution in [0.15, 0.2) is 61.3 Å². The lowest BCUT2D eigenvalue weighted by Gasteiger charge is -2.13. The van der Waals surface area contributed by atoms with Crippen LogP contribution in [0, 0.1) is 0 Å². The Bertz CT molecular complexity index is 1340. The van der Waals surface area contributed by atoms with Crippen LogP contribution in [0.5, 0.6) is 11.5 Å². The minimum Gasteiger partial charge on any atom is -0.493 e. The van der Waals surface area contributed by atoms with E-state index in [4.69, 9.17) is 14.5 Å². The lowest BCUT2D eigenvalue weighted by molar-refractivity contribution is 0.311. The molecule has 0 bridgehead atoms. The maximum atomic E-state index is 5.60. The number of hydrogen-bond donors (Lipinski definition) is 2. The molecule has 0 aliphatic carbocycles. The van der Waals surface area contributed by atoms with Gasteiger partial charge in [-0.05, 0) is 31.2 Å². The molecular formula is C22H20N6O2. The van der Waals surface area contributed by atoms with Gasteiger partial charge in [0.15, 0.2) is 23.0 Å². The Morgan fingerprint density at radius 3 is 2.93 bits per heavy atom. The topological polar surface area (TPSA) is 89.4 Å². The second-order valence-corrected chi connectivity index (χ2v) is 6.69. The van der Waals surface area contributed by atoms with E-state index in [0.717, 1.165) is 33.6 Å². The molecule has 0 aliphatic rings. The highest BCUT2D eigenvalue weighted by molar-refractivity contribution is 5.81. The molecule has 0 unspecified atom stereocenters. The van der Waals surface area contributed by atoms with Gasteiger partial charge in [0, 0.05) is 48.3 Å². The van der Waals surface area contributed by atoms with Crippen molar-refractivity contribution in [3.8, 4) is 22.8 Å². The van der Waals surface area contributed by atoms with Crippen molar-refractivity contribution in [2.75, 3.05) is 19.0 Å². The molecule has 150 valence electrons. The number of rotatable bonds is 6. The Labute approximate surface area is 172 Å². The first-order chi connectivity index (χ1) is 14.7. The zero-order valence-corrected chi connectivity index (χ0v) is 16.6. The SMILES string of the molecule is CCOc1ccc(Nc2nc(-c3cnc4cc[nH]c4c3)cn3ccnc23)cc1OC. The van der Waals surface area contributed by atoms with E-state index in [1.54, 1.807) is 13.3 Å². The lowest BCUT2D eigenvalue weighted by Crippen LogP contribution is -2.01. The third-order valence-corrected chi connectivity index (χ3v) is 4.79. The van der Waals surface area contributed by atoms with Gasteiger partial charge in [-0.1, -0.05) is 0 Å². The van der Waals surface area contributed by atoms with E-state index in [2.05, 4.69) is 20.3 Å². The number of hydrogen-bond acceptors (Lipinski definition) is 6. The Morgan fingerprint density at radius 1 is 1.13 bits per heavy atom. The van der Waals surface area contributed by atoms with Gasteiger partial charge in [-0.3, -0.25) is 4.98 Å².